The van der Waals surface area contributed by atoms with E-state index in [4.69, 9.17) is 22.1 Å². The third kappa shape index (κ3) is 4.49. The minimum Gasteiger partial charge on any atom is -0.495 e. The van der Waals surface area contributed by atoms with Crippen LogP contribution in [0.5, 0.6) is 5.75 Å². The van der Waals surface area contributed by atoms with E-state index in [0.29, 0.717) is 10.9 Å². The molecule has 0 aliphatic heterocycles. The summed E-state index contributed by atoms with van der Waals surface area (Å²) in [6.07, 6.45) is 4.28. The molecule has 0 bridgehead atoms. The zero-order valence-electron chi connectivity index (χ0n) is 12.4. The van der Waals surface area contributed by atoms with E-state index < -0.39 is 10.0 Å². The van der Waals surface area contributed by atoms with Gasteiger partial charge in [-0.25, -0.2) is 13.1 Å². The topological polar surface area (TPSA) is 81.4 Å². The van der Waals surface area contributed by atoms with Gasteiger partial charge in [-0.2, -0.15) is 0 Å². The first-order chi connectivity index (χ1) is 9.97. The molecule has 5 nitrogen and oxygen atoms in total. The summed E-state index contributed by atoms with van der Waals surface area (Å²) in [6.45, 7) is 0.285. The molecule has 0 radical (unpaired) electrons. The Morgan fingerprint density at radius 2 is 2.05 bits per heavy atom. The first-order valence-corrected chi connectivity index (χ1v) is 8.90. The van der Waals surface area contributed by atoms with E-state index in [0.717, 1.165) is 25.7 Å². The van der Waals surface area contributed by atoms with Crippen LogP contribution in [0.4, 0.5) is 0 Å². The molecule has 0 aromatic heterocycles. The highest BCUT2D eigenvalue weighted by Crippen LogP contribution is 2.30. The predicted octanol–water partition coefficient (Wildman–Crippen LogP) is 2.57. The molecule has 1 aliphatic rings. The summed E-state index contributed by atoms with van der Waals surface area (Å²) in [5, 5.41) is 0.348. The Hall–Kier alpha value is -0.530. The second-order valence-electron chi connectivity index (χ2n) is 5.30. The molecule has 0 amide bonds. The van der Waals surface area contributed by atoms with Crippen LogP contribution >= 0.6 is 24.0 Å². The molecule has 1 aliphatic carbocycles. The highest BCUT2D eigenvalue weighted by molar-refractivity contribution is 7.89. The maximum Gasteiger partial charge on any atom is 0.244 e. The summed E-state index contributed by atoms with van der Waals surface area (Å²) in [5.74, 6) is 0.573. The van der Waals surface area contributed by atoms with Crippen molar-refractivity contribution in [2.75, 3.05) is 13.7 Å². The van der Waals surface area contributed by atoms with Gasteiger partial charge < -0.3 is 10.5 Å². The van der Waals surface area contributed by atoms with Gasteiger partial charge in [0.25, 0.3) is 0 Å². The molecule has 0 heterocycles. The van der Waals surface area contributed by atoms with E-state index in [9.17, 15) is 8.42 Å². The van der Waals surface area contributed by atoms with Gasteiger partial charge in [0.2, 0.25) is 10.0 Å². The molecule has 8 heteroatoms. The maximum atomic E-state index is 12.6. The molecule has 1 fully saturated rings. The molecule has 126 valence electrons. The number of nitrogens with one attached hydrogen (secondary N) is 1. The quantitative estimate of drug-likeness (QED) is 0.808. The largest absolute Gasteiger partial charge is 0.495 e. The number of sulfonamides is 1. The lowest BCUT2D eigenvalue weighted by Crippen LogP contribution is -2.44. The van der Waals surface area contributed by atoms with Gasteiger partial charge in [-0.3, -0.25) is 0 Å². The van der Waals surface area contributed by atoms with Gasteiger partial charge in [0.05, 0.1) is 7.11 Å². The number of hydrogen-bond donors (Lipinski definition) is 2. The zero-order valence-corrected chi connectivity index (χ0v) is 14.8. The van der Waals surface area contributed by atoms with Crippen molar-refractivity contribution in [1.29, 1.82) is 0 Å². The van der Waals surface area contributed by atoms with E-state index in [1.54, 1.807) is 12.1 Å². The van der Waals surface area contributed by atoms with E-state index in [2.05, 4.69) is 4.72 Å². The smallest absolute Gasteiger partial charge is 0.244 e. The van der Waals surface area contributed by atoms with Crippen molar-refractivity contribution in [2.45, 2.75) is 36.6 Å². The lowest BCUT2D eigenvalue weighted by molar-refractivity contribution is 0.394. The molecule has 0 saturated heterocycles. The summed E-state index contributed by atoms with van der Waals surface area (Å²) in [6, 6.07) is 4.28. The molecular weight excluding hydrogens is 347 g/mol. The fourth-order valence-corrected chi connectivity index (χ4v) is 4.57. The van der Waals surface area contributed by atoms with Gasteiger partial charge in [-0.1, -0.05) is 24.4 Å². The number of ether oxygens (including phenoxy) is 1. The number of methoxy groups -OCH3 is 1. The van der Waals surface area contributed by atoms with Gasteiger partial charge >= 0.3 is 0 Å². The van der Waals surface area contributed by atoms with Gasteiger partial charge in [-0.15, -0.1) is 12.4 Å². The summed E-state index contributed by atoms with van der Waals surface area (Å²) < 4.78 is 33.0. The van der Waals surface area contributed by atoms with Crippen LogP contribution in [0.2, 0.25) is 5.02 Å². The van der Waals surface area contributed by atoms with Crippen molar-refractivity contribution in [3.8, 4) is 5.75 Å². The number of nitrogens with two attached hydrogens (primary N) is 1. The van der Waals surface area contributed by atoms with Crippen molar-refractivity contribution in [1.82, 2.24) is 4.72 Å². The molecule has 1 saturated carbocycles. The van der Waals surface area contributed by atoms with Crippen molar-refractivity contribution in [3.05, 3.63) is 23.2 Å². The van der Waals surface area contributed by atoms with Gasteiger partial charge in [0.15, 0.2) is 0 Å². The van der Waals surface area contributed by atoms with Crippen LogP contribution in [0.25, 0.3) is 0 Å². The first-order valence-electron chi connectivity index (χ1n) is 7.04. The van der Waals surface area contributed by atoms with Crippen LogP contribution in [0.1, 0.15) is 25.7 Å². The molecule has 2 rings (SSSR count). The SMILES string of the molecule is COc1ccc(Cl)cc1S(=O)(=O)NC(CN)C1CCCC1.Cl. The Labute approximate surface area is 143 Å². The highest BCUT2D eigenvalue weighted by atomic mass is 35.5. The summed E-state index contributed by atoms with van der Waals surface area (Å²) in [5.41, 5.74) is 5.75. The van der Waals surface area contributed by atoms with E-state index in [1.807, 2.05) is 0 Å². The number of halogens is 2. The Balaban J connectivity index is 0.00000242. The summed E-state index contributed by atoms with van der Waals surface area (Å²) in [4.78, 5) is 0.0500. The molecule has 1 aromatic rings. The molecule has 1 unspecified atom stereocenters. The Morgan fingerprint density at radius 1 is 1.41 bits per heavy atom. The summed E-state index contributed by atoms with van der Waals surface area (Å²) in [7, 11) is -2.28. The predicted molar refractivity (Wildman–Crippen MR) is 90.4 cm³/mol. The van der Waals surface area contributed by atoms with Crippen LogP contribution in [0.3, 0.4) is 0 Å². The fourth-order valence-electron chi connectivity index (χ4n) is 2.82. The average molecular weight is 369 g/mol. The number of hydrogen-bond acceptors (Lipinski definition) is 4. The van der Waals surface area contributed by atoms with E-state index >= 15 is 0 Å². The lowest BCUT2D eigenvalue weighted by Gasteiger charge is -2.23. The molecule has 1 atom stereocenters. The third-order valence-electron chi connectivity index (χ3n) is 3.94. The fraction of sp³-hybridized carbons (Fsp3) is 0.571. The second-order valence-corrected chi connectivity index (χ2v) is 7.42. The minimum atomic E-state index is -3.71. The number of rotatable bonds is 6. The van der Waals surface area contributed by atoms with Gasteiger partial charge in [0, 0.05) is 17.6 Å². The third-order valence-corrected chi connectivity index (χ3v) is 5.69. The van der Waals surface area contributed by atoms with Crippen molar-refractivity contribution < 1.29 is 13.2 Å². The van der Waals surface area contributed by atoms with Crippen LogP contribution in [0.15, 0.2) is 23.1 Å². The minimum absolute atomic E-state index is 0. The zero-order chi connectivity index (χ0) is 15.5. The van der Waals surface area contributed by atoms with Gasteiger partial charge in [0.1, 0.15) is 10.6 Å². The Kier molecular flexibility index (Phi) is 7.41. The van der Waals surface area contributed by atoms with Crippen LogP contribution in [-0.4, -0.2) is 28.1 Å². The molecule has 22 heavy (non-hydrogen) atoms. The molecule has 1 aromatic carbocycles. The standard InChI is InChI=1S/C14H21ClN2O3S.ClH/c1-20-13-7-6-11(15)8-14(13)21(18,19)17-12(9-16)10-4-2-3-5-10;/h6-8,10,12,17H,2-5,9,16H2,1H3;1H. The van der Waals surface area contributed by atoms with Crippen LogP contribution in [-0.2, 0) is 10.0 Å². The first kappa shape index (κ1) is 19.5. The monoisotopic (exact) mass is 368 g/mol. The van der Waals surface area contributed by atoms with E-state index in [1.165, 1.54) is 13.2 Å². The lowest BCUT2D eigenvalue weighted by atomic mass is 9.99. The molecule has 3 N–H and O–H groups in total. The average Bonchev–Trinajstić information content (AvgIpc) is 2.99. The number of benzene rings is 1. The normalized spacial score (nSPS) is 17.0. The second kappa shape index (κ2) is 8.36. The highest BCUT2D eigenvalue weighted by Gasteiger charge is 2.29. The van der Waals surface area contributed by atoms with Crippen LogP contribution in [0, 0.1) is 5.92 Å². The van der Waals surface area contributed by atoms with Crippen LogP contribution < -0.4 is 15.2 Å². The van der Waals surface area contributed by atoms with E-state index in [-0.39, 0.29) is 35.6 Å². The van der Waals surface area contributed by atoms with Crippen molar-refractivity contribution >= 4 is 34.0 Å². The van der Waals surface area contributed by atoms with Gasteiger partial charge in [-0.05, 0) is 37.0 Å². The maximum absolute atomic E-state index is 12.6. The van der Waals surface area contributed by atoms with Crippen molar-refractivity contribution in [2.24, 2.45) is 11.7 Å². The Bertz CT molecular complexity index is 590. The van der Waals surface area contributed by atoms with Crippen molar-refractivity contribution in [3.63, 3.8) is 0 Å². The molecular formula is C14H22Cl2N2O3S. The Morgan fingerprint density at radius 3 is 2.59 bits per heavy atom. The summed E-state index contributed by atoms with van der Waals surface area (Å²) >= 11 is 5.90. The molecule has 0 spiro atoms.